The lowest BCUT2D eigenvalue weighted by Gasteiger charge is -2.39. The average Bonchev–Trinajstić information content (AvgIpc) is 3.04. The second kappa shape index (κ2) is 5.96. The Balaban J connectivity index is 1.60. The molecule has 2 N–H and O–H groups in total. The normalized spacial score (nSPS) is 23.6. The summed E-state index contributed by atoms with van der Waals surface area (Å²) in [4.78, 5) is 26.3. The number of aryl methyl sites for hydroxylation is 1. The third kappa shape index (κ3) is 3.24. The van der Waals surface area contributed by atoms with Crippen molar-refractivity contribution in [2.24, 2.45) is 5.92 Å². The number of nitrogens with one attached hydrogen (secondary N) is 2. The van der Waals surface area contributed by atoms with Gasteiger partial charge in [-0.05, 0) is 19.3 Å². The van der Waals surface area contributed by atoms with Gasteiger partial charge in [-0.25, -0.2) is 0 Å². The fourth-order valence-electron chi connectivity index (χ4n) is 3.39. The highest BCUT2D eigenvalue weighted by Gasteiger charge is 2.45. The lowest BCUT2D eigenvalue weighted by Crippen LogP contribution is -2.58. The van der Waals surface area contributed by atoms with Gasteiger partial charge in [-0.1, -0.05) is 19.0 Å². The van der Waals surface area contributed by atoms with E-state index in [2.05, 4.69) is 29.6 Å². The molecule has 1 atom stereocenters. The molecular formula is C16H24N4O3. The minimum Gasteiger partial charge on any atom is -0.361 e. The number of nitrogens with zero attached hydrogens (tertiary/aromatic N) is 2. The third-order valence-corrected chi connectivity index (χ3v) is 4.59. The van der Waals surface area contributed by atoms with Gasteiger partial charge in [-0.15, -0.1) is 0 Å². The Kier molecular flexibility index (Phi) is 4.14. The standard InChI is InChI=1S/C16H24N4O3/c1-10(2)8-12-14(21)18-16(17-12)4-6-20(7-5-16)15(22)13-9-11(3)23-19-13/h9-10,12,17H,4-8H2,1-3H3,(H,18,21). The monoisotopic (exact) mass is 320 g/mol. The van der Waals surface area contributed by atoms with Crippen LogP contribution in [0.4, 0.5) is 0 Å². The number of likely N-dealkylation sites (tertiary alicyclic amines) is 1. The second-order valence-corrected chi connectivity index (χ2v) is 7.01. The largest absolute Gasteiger partial charge is 0.361 e. The quantitative estimate of drug-likeness (QED) is 0.869. The van der Waals surface area contributed by atoms with E-state index in [1.807, 2.05) is 0 Å². The molecule has 126 valence electrons. The first-order chi connectivity index (χ1) is 10.9. The molecule has 1 unspecified atom stereocenters. The second-order valence-electron chi connectivity index (χ2n) is 7.01. The van der Waals surface area contributed by atoms with Crippen molar-refractivity contribution < 1.29 is 14.1 Å². The molecule has 2 amide bonds. The summed E-state index contributed by atoms with van der Waals surface area (Å²) in [5.41, 5.74) is -0.0211. The summed E-state index contributed by atoms with van der Waals surface area (Å²) in [6.07, 6.45) is 2.24. The number of aromatic nitrogens is 1. The first-order valence-electron chi connectivity index (χ1n) is 8.21. The van der Waals surface area contributed by atoms with Crippen LogP contribution in [0.3, 0.4) is 0 Å². The van der Waals surface area contributed by atoms with Gasteiger partial charge in [0.2, 0.25) is 5.91 Å². The van der Waals surface area contributed by atoms with Gasteiger partial charge in [-0.2, -0.15) is 0 Å². The summed E-state index contributed by atoms with van der Waals surface area (Å²) in [5, 5.41) is 10.3. The predicted octanol–water partition coefficient (Wildman–Crippen LogP) is 1.05. The molecule has 1 aromatic rings. The van der Waals surface area contributed by atoms with Crippen LogP contribution in [0.25, 0.3) is 0 Å². The Bertz CT molecular complexity index is 602. The van der Waals surface area contributed by atoms with E-state index in [1.54, 1.807) is 17.9 Å². The van der Waals surface area contributed by atoms with Crippen LogP contribution in [-0.4, -0.2) is 46.7 Å². The highest BCUT2D eigenvalue weighted by Crippen LogP contribution is 2.26. The number of rotatable bonds is 3. The fraction of sp³-hybridized carbons (Fsp3) is 0.688. The van der Waals surface area contributed by atoms with E-state index < -0.39 is 0 Å². The van der Waals surface area contributed by atoms with Gasteiger partial charge in [0.1, 0.15) is 5.76 Å². The molecule has 2 saturated heterocycles. The Morgan fingerprint density at radius 3 is 2.74 bits per heavy atom. The van der Waals surface area contributed by atoms with Gasteiger partial charge in [-0.3, -0.25) is 14.9 Å². The van der Waals surface area contributed by atoms with Gasteiger partial charge < -0.3 is 14.7 Å². The van der Waals surface area contributed by atoms with E-state index >= 15 is 0 Å². The van der Waals surface area contributed by atoms with E-state index in [-0.39, 0.29) is 23.5 Å². The molecule has 2 aliphatic rings. The smallest absolute Gasteiger partial charge is 0.276 e. The molecule has 0 saturated carbocycles. The zero-order valence-electron chi connectivity index (χ0n) is 13.9. The van der Waals surface area contributed by atoms with E-state index in [4.69, 9.17) is 4.52 Å². The summed E-state index contributed by atoms with van der Waals surface area (Å²) in [5.74, 6) is 1.05. The molecule has 0 radical (unpaired) electrons. The average molecular weight is 320 g/mol. The number of piperidine rings is 1. The summed E-state index contributed by atoms with van der Waals surface area (Å²) < 4.78 is 4.97. The van der Waals surface area contributed by atoms with Crippen molar-refractivity contribution in [1.29, 1.82) is 0 Å². The van der Waals surface area contributed by atoms with E-state index in [0.29, 0.717) is 43.3 Å². The number of hydrogen-bond donors (Lipinski definition) is 2. The molecule has 7 nitrogen and oxygen atoms in total. The minimum atomic E-state index is -0.368. The van der Waals surface area contributed by atoms with Crippen LogP contribution in [0.1, 0.15) is 49.4 Å². The Hall–Kier alpha value is -1.89. The Labute approximate surface area is 135 Å². The summed E-state index contributed by atoms with van der Waals surface area (Å²) in [7, 11) is 0. The lowest BCUT2D eigenvalue weighted by atomic mass is 9.97. The van der Waals surface area contributed by atoms with Crippen molar-refractivity contribution in [2.45, 2.75) is 51.7 Å². The Morgan fingerprint density at radius 2 is 2.17 bits per heavy atom. The van der Waals surface area contributed by atoms with Crippen molar-refractivity contribution in [3.8, 4) is 0 Å². The fourth-order valence-corrected chi connectivity index (χ4v) is 3.39. The molecule has 2 aliphatic heterocycles. The van der Waals surface area contributed by atoms with Crippen molar-refractivity contribution in [3.63, 3.8) is 0 Å². The van der Waals surface area contributed by atoms with Gasteiger partial charge in [0.05, 0.1) is 11.7 Å². The number of hydrogen-bond acceptors (Lipinski definition) is 5. The molecule has 2 fully saturated rings. The number of carbonyl (C=O) groups is 2. The molecule has 3 heterocycles. The topological polar surface area (TPSA) is 87.5 Å². The Morgan fingerprint density at radius 1 is 1.48 bits per heavy atom. The summed E-state index contributed by atoms with van der Waals surface area (Å²) in [6, 6.07) is 1.52. The van der Waals surface area contributed by atoms with Crippen LogP contribution in [0.2, 0.25) is 0 Å². The van der Waals surface area contributed by atoms with Crippen LogP contribution in [0.15, 0.2) is 10.6 Å². The molecule has 0 bridgehead atoms. The van der Waals surface area contributed by atoms with Crippen LogP contribution >= 0.6 is 0 Å². The zero-order valence-corrected chi connectivity index (χ0v) is 13.9. The number of carbonyl (C=O) groups excluding carboxylic acids is 2. The number of amides is 2. The van der Waals surface area contributed by atoms with Gasteiger partial charge in [0.15, 0.2) is 5.69 Å². The van der Waals surface area contributed by atoms with Crippen molar-refractivity contribution >= 4 is 11.8 Å². The molecule has 1 aromatic heterocycles. The zero-order chi connectivity index (χ0) is 16.6. The van der Waals surface area contributed by atoms with Crippen LogP contribution in [-0.2, 0) is 4.79 Å². The lowest BCUT2D eigenvalue weighted by molar-refractivity contribution is -0.121. The minimum absolute atomic E-state index is 0.0746. The maximum absolute atomic E-state index is 12.4. The molecule has 1 spiro atoms. The maximum atomic E-state index is 12.4. The van der Waals surface area contributed by atoms with Crippen LogP contribution in [0, 0.1) is 12.8 Å². The highest BCUT2D eigenvalue weighted by atomic mass is 16.5. The molecule has 23 heavy (non-hydrogen) atoms. The SMILES string of the molecule is Cc1cc(C(=O)N2CCC3(CC2)NC(=O)C(CC(C)C)N3)no1. The van der Waals surface area contributed by atoms with Gasteiger partial charge in [0, 0.05) is 32.0 Å². The molecule has 3 rings (SSSR count). The third-order valence-electron chi connectivity index (χ3n) is 4.59. The summed E-state index contributed by atoms with van der Waals surface area (Å²) >= 11 is 0. The molecule has 0 aliphatic carbocycles. The summed E-state index contributed by atoms with van der Waals surface area (Å²) in [6.45, 7) is 7.17. The van der Waals surface area contributed by atoms with E-state index in [0.717, 1.165) is 6.42 Å². The van der Waals surface area contributed by atoms with Crippen molar-refractivity contribution in [2.75, 3.05) is 13.1 Å². The molecule has 0 aromatic carbocycles. The predicted molar refractivity (Wildman–Crippen MR) is 83.6 cm³/mol. The van der Waals surface area contributed by atoms with Crippen LogP contribution in [0.5, 0.6) is 0 Å². The van der Waals surface area contributed by atoms with Crippen LogP contribution < -0.4 is 10.6 Å². The van der Waals surface area contributed by atoms with Crippen molar-refractivity contribution in [3.05, 3.63) is 17.5 Å². The first kappa shape index (κ1) is 16.0. The van der Waals surface area contributed by atoms with Gasteiger partial charge >= 0.3 is 0 Å². The molecular weight excluding hydrogens is 296 g/mol. The highest BCUT2D eigenvalue weighted by molar-refractivity contribution is 5.92. The first-order valence-corrected chi connectivity index (χ1v) is 8.21. The maximum Gasteiger partial charge on any atom is 0.276 e. The van der Waals surface area contributed by atoms with Crippen molar-refractivity contribution in [1.82, 2.24) is 20.7 Å². The van der Waals surface area contributed by atoms with Gasteiger partial charge in [0.25, 0.3) is 5.91 Å². The van der Waals surface area contributed by atoms with E-state index in [1.165, 1.54) is 0 Å². The van der Waals surface area contributed by atoms with E-state index in [9.17, 15) is 9.59 Å². The molecule has 7 heteroatoms.